The Morgan fingerprint density at radius 3 is 2.95 bits per heavy atom. The Morgan fingerprint density at radius 2 is 2.26 bits per heavy atom. The highest BCUT2D eigenvalue weighted by atomic mass is 35.5. The average Bonchev–Trinajstić information content (AvgIpc) is 2.37. The molecule has 0 spiro atoms. The van der Waals surface area contributed by atoms with E-state index in [1.807, 2.05) is 12.1 Å². The number of carboxylic acid groups (broad SMARTS) is 1. The molecule has 1 N–H and O–H groups in total. The molecule has 1 aliphatic rings. The molecule has 1 aromatic carbocycles. The van der Waals surface area contributed by atoms with Crippen LogP contribution in [0, 0.1) is 0 Å². The molecule has 1 aliphatic heterocycles. The number of hydrogen-bond donors (Lipinski definition) is 1. The third kappa shape index (κ3) is 3.38. The Morgan fingerprint density at radius 1 is 1.47 bits per heavy atom. The SMILES string of the molecule is CC1=CCCN(c2cccc(Cl)c2/C=C/C(=O)O)C1. The number of anilines is 1. The van der Waals surface area contributed by atoms with Crippen LogP contribution >= 0.6 is 11.6 Å². The average molecular weight is 278 g/mol. The van der Waals surface area contributed by atoms with Crippen molar-refractivity contribution in [3.63, 3.8) is 0 Å². The maximum Gasteiger partial charge on any atom is 0.328 e. The van der Waals surface area contributed by atoms with Gasteiger partial charge in [0.15, 0.2) is 0 Å². The monoisotopic (exact) mass is 277 g/mol. The summed E-state index contributed by atoms with van der Waals surface area (Å²) in [5.41, 5.74) is 3.07. The second-order valence-corrected chi connectivity index (χ2v) is 5.01. The minimum Gasteiger partial charge on any atom is -0.478 e. The molecule has 0 fully saturated rings. The Kier molecular flexibility index (Phi) is 4.27. The van der Waals surface area contributed by atoms with Crippen LogP contribution in [0.1, 0.15) is 18.9 Å². The molecule has 3 nitrogen and oxygen atoms in total. The van der Waals surface area contributed by atoms with E-state index in [9.17, 15) is 4.79 Å². The molecule has 19 heavy (non-hydrogen) atoms. The maximum atomic E-state index is 10.7. The van der Waals surface area contributed by atoms with E-state index in [1.54, 1.807) is 12.1 Å². The number of aliphatic carboxylic acids is 1. The number of halogens is 1. The van der Waals surface area contributed by atoms with Crippen LogP contribution in [0.2, 0.25) is 5.02 Å². The summed E-state index contributed by atoms with van der Waals surface area (Å²) in [6, 6.07) is 5.65. The zero-order valence-electron chi connectivity index (χ0n) is 10.8. The highest BCUT2D eigenvalue weighted by molar-refractivity contribution is 6.32. The van der Waals surface area contributed by atoms with Gasteiger partial charge in [0.25, 0.3) is 0 Å². The van der Waals surface area contributed by atoms with Crippen LogP contribution in [-0.2, 0) is 4.79 Å². The summed E-state index contributed by atoms with van der Waals surface area (Å²) in [7, 11) is 0. The van der Waals surface area contributed by atoms with Gasteiger partial charge in [-0.2, -0.15) is 0 Å². The van der Waals surface area contributed by atoms with Crippen molar-refractivity contribution in [3.8, 4) is 0 Å². The van der Waals surface area contributed by atoms with E-state index < -0.39 is 5.97 Å². The van der Waals surface area contributed by atoms with Crippen LogP contribution in [0.25, 0.3) is 6.08 Å². The van der Waals surface area contributed by atoms with Gasteiger partial charge in [0.2, 0.25) is 0 Å². The first-order valence-corrected chi connectivity index (χ1v) is 6.56. The molecule has 0 aliphatic carbocycles. The molecule has 0 saturated heterocycles. The van der Waals surface area contributed by atoms with Crippen molar-refractivity contribution < 1.29 is 9.90 Å². The van der Waals surface area contributed by atoms with Gasteiger partial charge in [-0.25, -0.2) is 4.79 Å². The van der Waals surface area contributed by atoms with Crippen LogP contribution in [0.5, 0.6) is 0 Å². The van der Waals surface area contributed by atoms with E-state index in [2.05, 4.69) is 17.9 Å². The summed E-state index contributed by atoms with van der Waals surface area (Å²) < 4.78 is 0. The minimum atomic E-state index is -0.972. The first kappa shape index (κ1) is 13.7. The van der Waals surface area contributed by atoms with Crippen molar-refractivity contribution in [1.82, 2.24) is 0 Å². The fraction of sp³-hybridized carbons (Fsp3) is 0.267. The third-order valence-corrected chi connectivity index (χ3v) is 3.42. The molecule has 0 amide bonds. The number of hydrogen-bond acceptors (Lipinski definition) is 2. The van der Waals surface area contributed by atoms with Crippen LogP contribution in [-0.4, -0.2) is 24.2 Å². The van der Waals surface area contributed by atoms with Gasteiger partial charge in [0.1, 0.15) is 0 Å². The molecule has 0 bridgehead atoms. The van der Waals surface area contributed by atoms with E-state index in [0.29, 0.717) is 5.02 Å². The van der Waals surface area contributed by atoms with Crippen LogP contribution in [0.4, 0.5) is 5.69 Å². The Labute approximate surface area is 117 Å². The van der Waals surface area contributed by atoms with Crippen LogP contribution < -0.4 is 4.90 Å². The summed E-state index contributed by atoms with van der Waals surface area (Å²) in [5.74, 6) is -0.972. The number of carboxylic acids is 1. The van der Waals surface area contributed by atoms with Gasteiger partial charge in [-0.05, 0) is 31.6 Å². The summed E-state index contributed by atoms with van der Waals surface area (Å²) >= 11 is 6.18. The topological polar surface area (TPSA) is 40.5 Å². The molecule has 1 aromatic rings. The van der Waals surface area contributed by atoms with Gasteiger partial charge in [-0.3, -0.25) is 0 Å². The number of rotatable bonds is 3. The van der Waals surface area contributed by atoms with Crippen LogP contribution in [0.15, 0.2) is 35.9 Å². The molecule has 1 heterocycles. The molecular formula is C15H16ClNO2. The van der Waals surface area contributed by atoms with Gasteiger partial charge in [-0.15, -0.1) is 0 Å². The second-order valence-electron chi connectivity index (χ2n) is 4.60. The molecule has 0 saturated carbocycles. The van der Waals surface area contributed by atoms with Crippen molar-refractivity contribution in [2.24, 2.45) is 0 Å². The van der Waals surface area contributed by atoms with Gasteiger partial charge < -0.3 is 10.0 Å². The van der Waals surface area contributed by atoms with Crippen molar-refractivity contribution in [1.29, 1.82) is 0 Å². The number of carbonyl (C=O) groups is 1. The fourth-order valence-corrected chi connectivity index (χ4v) is 2.47. The zero-order valence-corrected chi connectivity index (χ0v) is 11.5. The lowest BCUT2D eigenvalue weighted by atomic mass is 10.1. The Bertz CT molecular complexity index is 549. The van der Waals surface area contributed by atoms with Gasteiger partial charge >= 0.3 is 5.97 Å². The molecule has 100 valence electrons. The predicted molar refractivity (Wildman–Crippen MR) is 78.7 cm³/mol. The van der Waals surface area contributed by atoms with E-state index in [1.165, 1.54) is 5.57 Å². The summed E-state index contributed by atoms with van der Waals surface area (Å²) in [6.45, 7) is 3.88. The Balaban J connectivity index is 2.37. The van der Waals surface area contributed by atoms with Crippen molar-refractivity contribution in [3.05, 3.63) is 46.5 Å². The Hall–Kier alpha value is -1.74. The van der Waals surface area contributed by atoms with E-state index in [4.69, 9.17) is 16.7 Å². The normalized spacial score (nSPS) is 15.7. The van der Waals surface area contributed by atoms with Crippen molar-refractivity contribution in [2.45, 2.75) is 13.3 Å². The smallest absolute Gasteiger partial charge is 0.328 e. The van der Waals surface area contributed by atoms with Gasteiger partial charge in [0, 0.05) is 35.4 Å². The lowest BCUT2D eigenvalue weighted by Gasteiger charge is -2.30. The molecule has 0 unspecified atom stereocenters. The van der Waals surface area contributed by atoms with Gasteiger partial charge in [-0.1, -0.05) is 29.3 Å². The van der Waals surface area contributed by atoms with Crippen LogP contribution in [0.3, 0.4) is 0 Å². The summed E-state index contributed by atoms with van der Waals surface area (Å²) in [6.07, 6.45) is 5.92. The quantitative estimate of drug-likeness (QED) is 0.678. The lowest BCUT2D eigenvalue weighted by Crippen LogP contribution is -2.29. The maximum absolute atomic E-state index is 10.7. The zero-order chi connectivity index (χ0) is 13.8. The molecule has 4 heteroatoms. The number of nitrogens with zero attached hydrogens (tertiary/aromatic N) is 1. The van der Waals surface area contributed by atoms with E-state index in [-0.39, 0.29) is 0 Å². The summed E-state index contributed by atoms with van der Waals surface area (Å²) in [5, 5.41) is 9.33. The predicted octanol–water partition coefficient (Wildman–Crippen LogP) is 3.59. The first-order valence-electron chi connectivity index (χ1n) is 6.18. The molecule has 2 rings (SSSR count). The lowest BCUT2D eigenvalue weighted by molar-refractivity contribution is -0.131. The van der Waals surface area contributed by atoms with E-state index >= 15 is 0 Å². The largest absolute Gasteiger partial charge is 0.478 e. The third-order valence-electron chi connectivity index (χ3n) is 3.10. The minimum absolute atomic E-state index is 0.571. The molecular weight excluding hydrogens is 262 g/mol. The highest BCUT2D eigenvalue weighted by Crippen LogP contribution is 2.30. The molecule has 0 radical (unpaired) electrons. The molecule has 0 aromatic heterocycles. The molecule has 0 atom stereocenters. The standard InChI is InChI=1S/C15H16ClNO2/c1-11-4-3-9-17(10-11)14-6-2-5-13(16)12(14)7-8-15(18)19/h2,4-8H,3,9-10H2,1H3,(H,18,19)/b8-7+. The van der Waals surface area contributed by atoms with Crippen molar-refractivity contribution in [2.75, 3.05) is 18.0 Å². The summed E-state index contributed by atoms with van der Waals surface area (Å²) in [4.78, 5) is 12.9. The van der Waals surface area contributed by atoms with Gasteiger partial charge in [0.05, 0.1) is 0 Å². The van der Waals surface area contributed by atoms with Crippen molar-refractivity contribution >= 4 is 29.3 Å². The fourth-order valence-electron chi connectivity index (χ4n) is 2.24. The highest BCUT2D eigenvalue weighted by Gasteiger charge is 2.15. The number of benzene rings is 1. The first-order chi connectivity index (χ1) is 9.08. The van der Waals surface area contributed by atoms with E-state index in [0.717, 1.165) is 36.8 Å². The second kappa shape index (κ2) is 5.93.